The molecule has 0 amide bonds. The maximum Gasteiger partial charge on any atom is 0.396 e. The molecule has 1 nitrogen and oxygen atoms in total. The second-order valence-corrected chi connectivity index (χ2v) is 3.69. The van der Waals surface area contributed by atoms with Gasteiger partial charge < -0.3 is 5.73 Å². The quantitative estimate of drug-likeness (QED) is 0.809. The van der Waals surface area contributed by atoms with Crippen LogP contribution in [0.15, 0.2) is 18.2 Å². The summed E-state index contributed by atoms with van der Waals surface area (Å²) in [6, 6.07) is 4.93. The van der Waals surface area contributed by atoms with Crippen molar-refractivity contribution in [3.63, 3.8) is 0 Å². The van der Waals surface area contributed by atoms with Crippen LogP contribution in [0.25, 0.3) is 0 Å². The lowest BCUT2D eigenvalue weighted by Gasteiger charge is -2.20. The van der Waals surface area contributed by atoms with Crippen molar-refractivity contribution in [3.8, 4) is 0 Å². The van der Waals surface area contributed by atoms with Gasteiger partial charge in [0.25, 0.3) is 0 Å². The minimum atomic E-state index is -4.27. The molecule has 0 aliphatic carbocycles. The molecule has 15 heavy (non-hydrogen) atoms. The Morgan fingerprint density at radius 2 is 1.87 bits per heavy atom. The molecule has 0 heterocycles. The van der Waals surface area contributed by atoms with Crippen molar-refractivity contribution < 1.29 is 13.2 Å². The van der Waals surface area contributed by atoms with Crippen LogP contribution in [-0.4, -0.2) is 12.7 Å². The van der Waals surface area contributed by atoms with Gasteiger partial charge in [0.15, 0.2) is 0 Å². The lowest BCUT2D eigenvalue weighted by atomic mass is 9.93. The number of hydrogen-bond acceptors (Lipinski definition) is 1. The molecule has 0 bridgehead atoms. The molecule has 0 spiro atoms. The molecule has 0 aromatic heterocycles. The molecule has 0 saturated carbocycles. The maximum atomic E-state index is 12.6. The molecule has 1 aromatic carbocycles. The summed E-state index contributed by atoms with van der Waals surface area (Å²) in [5.74, 6) is -1.56. The van der Waals surface area contributed by atoms with Gasteiger partial charge in [-0.2, -0.15) is 13.2 Å². The van der Waals surface area contributed by atoms with Crippen molar-refractivity contribution in [1.29, 1.82) is 0 Å². The molecule has 1 unspecified atom stereocenters. The number of aryl methyl sites for hydroxylation is 2. The standard InChI is InChI=1S/C11H14F3N/c1-7-3-4-9(8(2)5-7)10(6-15)11(12,13)14/h3-5,10H,6,15H2,1-2H3. The van der Waals surface area contributed by atoms with E-state index in [1.807, 2.05) is 6.92 Å². The van der Waals surface area contributed by atoms with E-state index in [9.17, 15) is 13.2 Å². The second kappa shape index (κ2) is 4.23. The molecule has 2 N–H and O–H groups in total. The summed E-state index contributed by atoms with van der Waals surface area (Å²) >= 11 is 0. The Kier molecular flexibility index (Phi) is 3.39. The van der Waals surface area contributed by atoms with Gasteiger partial charge in [-0.3, -0.25) is 0 Å². The molecule has 1 aromatic rings. The normalized spacial score (nSPS) is 14.0. The fraction of sp³-hybridized carbons (Fsp3) is 0.455. The van der Waals surface area contributed by atoms with Crippen molar-refractivity contribution in [2.24, 2.45) is 5.73 Å². The second-order valence-electron chi connectivity index (χ2n) is 3.69. The maximum absolute atomic E-state index is 12.6. The van der Waals surface area contributed by atoms with Gasteiger partial charge in [0.05, 0.1) is 5.92 Å². The summed E-state index contributed by atoms with van der Waals surface area (Å²) in [6.45, 7) is 3.12. The van der Waals surface area contributed by atoms with Gasteiger partial charge in [-0.15, -0.1) is 0 Å². The van der Waals surface area contributed by atoms with Crippen LogP contribution >= 0.6 is 0 Å². The fourth-order valence-corrected chi connectivity index (χ4v) is 1.65. The smallest absolute Gasteiger partial charge is 0.330 e. The van der Waals surface area contributed by atoms with E-state index < -0.39 is 18.6 Å². The molecular formula is C11H14F3N. The number of benzene rings is 1. The Labute approximate surface area is 87.1 Å². The van der Waals surface area contributed by atoms with E-state index in [4.69, 9.17) is 5.73 Å². The first-order valence-corrected chi connectivity index (χ1v) is 4.70. The number of hydrogen-bond donors (Lipinski definition) is 1. The third-order valence-electron chi connectivity index (χ3n) is 2.43. The van der Waals surface area contributed by atoms with E-state index in [0.717, 1.165) is 5.56 Å². The van der Waals surface area contributed by atoms with E-state index in [1.165, 1.54) is 6.07 Å². The summed E-state index contributed by atoms with van der Waals surface area (Å²) in [4.78, 5) is 0. The highest BCUT2D eigenvalue weighted by atomic mass is 19.4. The van der Waals surface area contributed by atoms with Crippen LogP contribution in [0.3, 0.4) is 0 Å². The molecule has 0 aliphatic heterocycles. The van der Waals surface area contributed by atoms with E-state index in [2.05, 4.69) is 0 Å². The average Bonchev–Trinajstić information content (AvgIpc) is 2.07. The van der Waals surface area contributed by atoms with Crippen LogP contribution in [0.2, 0.25) is 0 Å². The third-order valence-corrected chi connectivity index (χ3v) is 2.43. The van der Waals surface area contributed by atoms with Crippen molar-refractivity contribution in [2.45, 2.75) is 25.9 Å². The summed E-state index contributed by atoms with van der Waals surface area (Å²) in [7, 11) is 0. The molecule has 0 aliphatic rings. The average molecular weight is 217 g/mol. The lowest BCUT2D eigenvalue weighted by molar-refractivity contribution is -0.148. The van der Waals surface area contributed by atoms with Crippen LogP contribution in [0.4, 0.5) is 13.2 Å². The first-order chi connectivity index (χ1) is 6.86. The van der Waals surface area contributed by atoms with Crippen molar-refractivity contribution in [2.75, 3.05) is 6.54 Å². The Balaban J connectivity index is 3.13. The molecule has 0 saturated heterocycles. The molecule has 4 heteroatoms. The summed E-state index contributed by atoms with van der Waals surface area (Å²) in [6.07, 6.45) is -4.27. The van der Waals surface area contributed by atoms with Crippen molar-refractivity contribution in [3.05, 3.63) is 34.9 Å². The van der Waals surface area contributed by atoms with Crippen molar-refractivity contribution >= 4 is 0 Å². The Morgan fingerprint density at radius 3 is 2.27 bits per heavy atom. The van der Waals surface area contributed by atoms with E-state index >= 15 is 0 Å². The zero-order chi connectivity index (χ0) is 11.6. The Hall–Kier alpha value is -1.03. The minimum Gasteiger partial charge on any atom is -0.330 e. The summed E-state index contributed by atoms with van der Waals surface area (Å²) in [5, 5.41) is 0. The highest BCUT2D eigenvalue weighted by molar-refractivity contribution is 5.34. The Bertz CT molecular complexity index is 344. The fourth-order valence-electron chi connectivity index (χ4n) is 1.65. The van der Waals surface area contributed by atoms with Crippen LogP contribution in [0, 0.1) is 13.8 Å². The van der Waals surface area contributed by atoms with Gasteiger partial charge in [-0.05, 0) is 25.0 Å². The summed E-state index contributed by atoms with van der Waals surface area (Å²) < 4.78 is 37.8. The van der Waals surface area contributed by atoms with Crippen LogP contribution in [-0.2, 0) is 0 Å². The van der Waals surface area contributed by atoms with E-state index in [1.54, 1.807) is 19.1 Å². The molecule has 0 fully saturated rings. The zero-order valence-corrected chi connectivity index (χ0v) is 8.73. The molecular weight excluding hydrogens is 203 g/mol. The largest absolute Gasteiger partial charge is 0.396 e. The molecule has 0 radical (unpaired) electrons. The van der Waals surface area contributed by atoms with Crippen LogP contribution < -0.4 is 5.73 Å². The molecule has 1 atom stereocenters. The summed E-state index contributed by atoms with van der Waals surface area (Å²) in [5.41, 5.74) is 7.05. The van der Waals surface area contributed by atoms with E-state index in [0.29, 0.717) is 5.56 Å². The highest BCUT2D eigenvalue weighted by Crippen LogP contribution is 2.35. The Morgan fingerprint density at radius 1 is 1.27 bits per heavy atom. The molecule has 84 valence electrons. The predicted octanol–water partition coefficient (Wildman–Crippen LogP) is 2.91. The van der Waals surface area contributed by atoms with Gasteiger partial charge in [0.1, 0.15) is 0 Å². The van der Waals surface area contributed by atoms with Gasteiger partial charge in [0, 0.05) is 6.54 Å². The minimum absolute atomic E-state index is 0.274. The monoisotopic (exact) mass is 217 g/mol. The van der Waals surface area contributed by atoms with Gasteiger partial charge in [0.2, 0.25) is 0 Å². The SMILES string of the molecule is Cc1ccc(C(CN)C(F)(F)F)c(C)c1. The third kappa shape index (κ3) is 2.72. The zero-order valence-electron chi connectivity index (χ0n) is 8.73. The first kappa shape index (κ1) is 12.0. The number of nitrogens with two attached hydrogens (primary N) is 1. The van der Waals surface area contributed by atoms with Crippen LogP contribution in [0.5, 0.6) is 0 Å². The van der Waals surface area contributed by atoms with Gasteiger partial charge in [-0.25, -0.2) is 0 Å². The number of rotatable bonds is 2. The highest BCUT2D eigenvalue weighted by Gasteiger charge is 2.40. The van der Waals surface area contributed by atoms with Crippen LogP contribution in [0.1, 0.15) is 22.6 Å². The topological polar surface area (TPSA) is 26.0 Å². The number of alkyl halides is 3. The van der Waals surface area contributed by atoms with Gasteiger partial charge in [-0.1, -0.05) is 23.8 Å². The molecule has 1 rings (SSSR count). The van der Waals surface area contributed by atoms with E-state index in [-0.39, 0.29) is 5.56 Å². The van der Waals surface area contributed by atoms with Gasteiger partial charge >= 0.3 is 6.18 Å². The predicted molar refractivity (Wildman–Crippen MR) is 53.8 cm³/mol. The number of halogens is 3. The first-order valence-electron chi connectivity index (χ1n) is 4.70. The van der Waals surface area contributed by atoms with Crippen molar-refractivity contribution in [1.82, 2.24) is 0 Å². The lowest BCUT2D eigenvalue weighted by Crippen LogP contribution is -2.28.